The number of hydrogen-bond acceptors (Lipinski definition) is 7. The SMILES string of the molecule is COC(=O)c1cc([N+](=O)[O-])c(C)cc1N1CCN(S(N)(=O)=O)CC1. The Balaban J connectivity index is 2.38. The second kappa shape index (κ2) is 6.71. The molecule has 11 heteroatoms. The van der Waals surface area contributed by atoms with Gasteiger partial charge in [0.1, 0.15) is 0 Å². The zero-order chi connectivity index (χ0) is 18.1. The summed E-state index contributed by atoms with van der Waals surface area (Å²) in [4.78, 5) is 24.3. The quantitative estimate of drug-likeness (QED) is 0.455. The number of esters is 1. The first kappa shape index (κ1) is 18.1. The Morgan fingerprint density at radius 3 is 2.33 bits per heavy atom. The van der Waals surface area contributed by atoms with Crippen LogP contribution < -0.4 is 10.0 Å². The van der Waals surface area contributed by atoms with E-state index in [9.17, 15) is 23.3 Å². The lowest BCUT2D eigenvalue weighted by Gasteiger charge is -2.35. The molecule has 1 aliphatic heterocycles. The second-order valence-electron chi connectivity index (χ2n) is 5.34. The molecule has 0 unspecified atom stereocenters. The minimum absolute atomic E-state index is 0.0684. The predicted molar refractivity (Wildman–Crippen MR) is 86.1 cm³/mol. The van der Waals surface area contributed by atoms with Gasteiger partial charge in [-0.25, -0.2) is 9.93 Å². The Kier molecular flexibility index (Phi) is 5.06. The molecule has 1 fully saturated rings. The number of nitro benzene ring substituents is 1. The van der Waals surface area contributed by atoms with Gasteiger partial charge in [-0.2, -0.15) is 12.7 Å². The van der Waals surface area contributed by atoms with Crippen LogP contribution in [-0.4, -0.2) is 56.9 Å². The van der Waals surface area contributed by atoms with Crippen LogP contribution >= 0.6 is 0 Å². The minimum Gasteiger partial charge on any atom is -0.465 e. The number of benzene rings is 1. The molecule has 2 rings (SSSR count). The third-order valence-electron chi connectivity index (χ3n) is 3.86. The number of nitrogens with zero attached hydrogens (tertiary/aromatic N) is 3. The lowest BCUT2D eigenvalue weighted by molar-refractivity contribution is -0.385. The molecule has 0 amide bonds. The zero-order valence-corrected chi connectivity index (χ0v) is 14.1. The summed E-state index contributed by atoms with van der Waals surface area (Å²) in [6.07, 6.45) is 0. The van der Waals surface area contributed by atoms with Crippen molar-refractivity contribution in [1.82, 2.24) is 4.31 Å². The van der Waals surface area contributed by atoms with E-state index in [1.54, 1.807) is 11.8 Å². The molecule has 2 N–H and O–H groups in total. The number of piperazine rings is 1. The van der Waals surface area contributed by atoms with Crippen molar-refractivity contribution in [2.24, 2.45) is 5.14 Å². The zero-order valence-electron chi connectivity index (χ0n) is 13.3. The van der Waals surface area contributed by atoms with Gasteiger partial charge in [-0.15, -0.1) is 0 Å². The third kappa shape index (κ3) is 3.63. The number of hydrogen-bond donors (Lipinski definition) is 1. The van der Waals surface area contributed by atoms with E-state index < -0.39 is 21.1 Å². The maximum atomic E-state index is 12.0. The number of nitrogens with two attached hydrogens (primary N) is 1. The standard InChI is InChI=1S/C13H18N4O6S/c1-9-7-12(10(13(18)23-2)8-11(9)17(19)20)15-3-5-16(6-4-15)24(14,21)22/h7-8H,3-6H2,1-2H3,(H2,14,21,22). The van der Waals surface area contributed by atoms with Crippen molar-refractivity contribution in [2.75, 3.05) is 38.2 Å². The van der Waals surface area contributed by atoms with E-state index in [4.69, 9.17) is 9.88 Å². The van der Waals surface area contributed by atoms with Gasteiger partial charge in [-0.3, -0.25) is 10.1 Å². The average molecular weight is 358 g/mol. The van der Waals surface area contributed by atoms with E-state index in [0.717, 1.165) is 4.31 Å². The van der Waals surface area contributed by atoms with Gasteiger partial charge >= 0.3 is 5.97 Å². The largest absolute Gasteiger partial charge is 0.465 e. The van der Waals surface area contributed by atoms with Crippen molar-refractivity contribution in [3.8, 4) is 0 Å². The van der Waals surface area contributed by atoms with Gasteiger partial charge in [0.05, 0.1) is 23.3 Å². The maximum absolute atomic E-state index is 12.0. The summed E-state index contributed by atoms with van der Waals surface area (Å²) in [5.74, 6) is -0.693. The molecule has 1 aliphatic rings. The minimum atomic E-state index is -3.76. The van der Waals surface area contributed by atoms with E-state index in [0.29, 0.717) is 24.3 Å². The molecule has 0 radical (unpaired) electrons. The molecule has 0 saturated carbocycles. The number of aryl methyl sites for hydroxylation is 1. The van der Waals surface area contributed by atoms with Crippen LogP contribution in [0.1, 0.15) is 15.9 Å². The number of methoxy groups -OCH3 is 1. The number of anilines is 1. The van der Waals surface area contributed by atoms with Crippen molar-refractivity contribution in [2.45, 2.75) is 6.92 Å². The molecule has 0 aromatic heterocycles. The van der Waals surface area contributed by atoms with Gasteiger partial charge in [-0.05, 0) is 13.0 Å². The first-order valence-corrected chi connectivity index (χ1v) is 8.55. The summed E-state index contributed by atoms with van der Waals surface area (Å²) in [7, 11) is -2.57. The van der Waals surface area contributed by atoms with E-state index in [2.05, 4.69) is 0 Å². The van der Waals surface area contributed by atoms with E-state index in [-0.39, 0.29) is 24.3 Å². The average Bonchev–Trinajstić information content (AvgIpc) is 2.52. The predicted octanol–water partition coefficient (Wildman–Crippen LogP) is 0.0153. The van der Waals surface area contributed by atoms with Crippen LogP contribution in [0, 0.1) is 17.0 Å². The molecule has 0 bridgehead atoms. The summed E-state index contributed by atoms with van der Waals surface area (Å²) >= 11 is 0. The molecular formula is C13H18N4O6S. The molecule has 132 valence electrons. The molecular weight excluding hydrogens is 340 g/mol. The molecule has 1 heterocycles. The number of ether oxygens (including phenoxy) is 1. The summed E-state index contributed by atoms with van der Waals surface area (Å²) in [5.41, 5.74) is 0.761. The Hall–Kier alpha value is -2.24. The number of rotatable bonds is 4. The smallest absolute Gasteiger partial charge is 0.340 e. The fourth-order valence-electron chi connectivity index (χ4n) is 2.60. The summed E-state index contributed by atoms with van der Waals surface area (Å²) in [5, 5.41) is 16.2. The molecule has 10 nitrogen and oxygen atoms in total. The third-order valence-corrected chi connectivity index (χ3v) is 4.94. The van der Waals surface area contributed by atoms with E-state index in [1.807, 2.05) is 0 Å². The molecule has 24 heavy (non-hydrogen) atoms. The van der Waals surface area contributed by atoms with Gasteiger partial charge in [0, 0.05) is 37.8 Å². The summed E-state index contributed by atoms with van der Waals surface area (Å²) < 4.78 is 28.6. The lowest BCUT2D eigenvalue weighted by Crippen LogP contribution is -2.51. The number of carbonyl (C=O) groups excluding carboxylic acids is 1. The highest BCUT2D eigenvalue weighted by Crippen LogP contribution is 2.30. The molecule has 0 aliphatic carbocycles. The van der Waals surface area contributed by atoms with Gasteiger partial charge in [-0.1, -0.05) is 0 Å². The van der Waals surface area contributed by atoms with Crippen LogP contribution in [0.15, 0.2) is 12.1 Å². The highest BCUT2D eigenvalue weighted by atomic mass is 32.2. The first-order valence-electron chi connectivity index (χ1n) is 7.05. The normalized spacial score (nSPS) is 16.0. The number of carbonyl (C=O) groups is 1. The lowest BCUT2D eigenvalue weighted by atomic mass is 10.1. The van der Waals surface area contributed by atoms with Gasteiger partial charge < -0.3 is 9.64 Å². The second-order valence-corrected chi connectivity index (χ2v) is 6.88. The molecule has 1 aromatic rings. The van der Waals surface area contributed by atoms with Gasteiger partial charge in [0.2, 0.25) is 0 Å². The van der Waals surface area contributed by atoms with Crippen molar-refractivity contribution in [3.63, 3.8) is 0 Å². The van der Waals surface area contributed by atoms with Crippen LogP contribution in [0.25, 0.3) is 0 Å². The van der Waals surface area contributed by atoms with E-state index in [1.165, 1.54) is 19.2 Å². The van der Waals surface area contributed by atoms with Crippen molar-refractivity contribution in [1.29, 1.82) is 0 Å². The Labute approximate surface area is 139 Å². The summed E-state index contributed by atoms with van der Waals surface area (Å²) in [6, 6.07) is 2.72. The van der Waals surface area contributed by atoms with Crippen LogP contribution in [0.5, 0.6) is 0 Å². The fraction of sp³-hybridized carbons (Fsp3) is 0.462. The molecule has 1 aromatic carbocycles. The van der Waals surface area contributed by atoms with Crippen LogP contribution in [0.2, 0.25) is 0 Å². The molecule has 0 spiro atoms. The molecule has 0 atom stereocenters. The van der Waals surface area contributed by atoms with Gasteiger partial charge in [0.15, 0.2) is 0 Å². The topological polar surface area (TPSA) is 136 Å². The van der Waals surface area contributed by atoms with Crippen LogP contribution in [-0.2, 0) is 14.9 Å². The Bertz CT molecular complexity index is 771. The van der Waals surface area contributed by atoms with Gasteiger partial charge in [0.25, 0.3) is 15.9 Å². The molecule has 1 saturated heterocycles. The van der Waals surface area contributed by atoms with E-state index >= 15 is 0 Å². The first-order chi connectivity index (χ1) is 11.1. The van der Waals surface area contributed by atoms with Crippen molar-refractivity contribution >= 4 is 27.6 Å². The Morgan fingerprint density at radius 1 is 1.29 bits per heavy atom. The van der Waals surface area contributed by atoms with Crippen LogP contribution in [0.3, 0.4) is 0 Å². The van der Waals surface area contributed by atoms with Crippen molar-refractivity contribution in [3.05, 3.63) is 33.4 Å². The highest BCUT2D eigenvalue weighted by Gasteiger charge is 2.28. The Morgan fingerprint density at radius 2 is 1.88 bits per heavy atom. The van der Waals surface area contributed by atoms with Crippen LogP contribution in [0.4, 0.5) is 11.4 Å². The maximum Gasteiger partial charge on any atom is 0.340 e. The summed E-state index contributed by atoms with van der Waals surface area (Å²) in [6.45, 7) is 2.50. The fourth-order valence-corrected chi connectivity index (χ4v) is 3.27. The monoisotopic (exact) mass is 358 g/mol. The highest BCUT2D eigenvalue weighted by molar-refractivity contribution is 7.86. The number of nitro groups is 1. The van der Waals surface area contributed by atoms with Crippen molar-refractivity contribution < 1.29 is 22.9 Å².